The molecule has 24 heavy (non-hydrogen) atoms. The molecule has 0 unspecified atom stereocenters. The zero-order valence-corrected chi connectivity index (χ0v) is 14.4. The summed E-state index contributed by atoms with van der Waals surface area (Å²) >= 11 is 6.07. The van der Waals surface area contributed by atoms with E-state index in [1.54, 1.807) is 12.4 Å². The van der Waals surface area contributed by atoms with Crippen LogP contribution >= 0.6 is 11.6 Å². The van der Waals surface area contributed by atoms with Crippen molar-refractivity contribution in [2.75, 3.05) is 23.4 Å². The minimum Gasteiger partial charge on any atom is -0.384 e. The first kappa shape index (κ1) is 17.1. The summed E-state index contributed by atoms with van der Waals surface area (Å²) in [5.74, 6) is 0.225. The van der Waals surface area contributed by atoms with Gasteiger partial charge in [-0.2, -0.15) is 4.39 Å². The average Bonchev–Trinajstić information content (AvgIpc) is 2.56. The first-order chi connectivity index (χ1) is 11.4. The molecule has 1 aliphatic heterocycles. The maximum Gasteiger partial charge on any atom is 0.213 e. The van der Waals surface area contributed by atoms with Gasteiger partial charge in [-0.05, 0) is 24.8 Å². The highest BCUT2D eigenvalue weighted by molar-refractivity contribution is 7.91. The van der Waals surface area contributed by atoms with Crippen LogP contribution in [0.2, 0.25) is 5.02 Å². The predicted molar refractivity (Wildman–Crippen MR) is 92.3 cm³/mol. The van der Waals surface area contributed by atoms with Crippen LogP contribution in [0.5, 0.6) is 0 Å². The number of hydrogen-bond donors (Lipinski definition) is 1. The monoisotopic (exact) mass is 369 g/mol. The maximum atomic E-state index is 13.3. The molecule has 0 bridgehead atoms. The Kier molecular flexibility index (Phi) is 5.01. The number of anilines is 1. The van der Waals surface area contributed by atoms with Crippen LogP contribution in [0.15, 0.2) is 30.7 Å². The zero-order valence-electron chi connectivity index (χ0n) is 12.9. The predicted octanol–water partition coefficient (Wildman–Crippen LogP) is 3.17. The van der Waals surface area contributed by atoms with Gasteiger partial charge >= 0.3 is 0 Å². The van der Waals surface area contributed by atoms with Crippen molar-refractivity contribution >= 4 is 27.1 Å². The average molecular weight is 370 g/mol. The van der Waals surface area contributed by atoms with Gasteiger partial charge in [-0.15, -0.1) is 0 Å². The molecular weight excluding hydrogens is 353 g/mol. The van der Waals surface area contributed by atoms with Crippen LogP contribution in [-0.2, 0) is 9.84 Å². The number of nitrogens with zero attached hydrogens (tertiary/aromatic N) is 2. The SMILES string of the molecule is O=S1(=O)CCC(CNc2cncc(-c3cc(F)ncc3Cl)c2)CC1. The fourth-order valence-electron chi connectivity index (χ4n) is 2.72. The summed E-state index contributed by atoms with van der Waals surface area (Å²) in [5, 5.41) is 3.63. The van der Waals surface area contributed by atoms with Crippen molar-refractivity contribution in [2.45, 2.75) is 12.8 Å². The van der Waals surface area contributed by atoms with Crippen molar-refractivity contribution in [3.05, 3.63) is 41.7 Å². The normalized spacial score (nSPS) is 17.6. The molecule has 5 nitrogen and oxygen atoms in total. The van der Waals surface area contributed by atoms with Gasteiger partial charge in [-0.25, -0.2) is 13.4 Å². The third kappa shape index (κ3) is 4.21. The van der Waals surface area contributed by atoms with Gasteiger partial charge in [0, 0.05) is 42.3 Å². The number of rotatable bonds is 4. The van der Waals surface area contributed by atoms with Gasteiger partial charge in [0.05, 0.1) is 22.2 Å². The zero-order chi connectivity index (χ0) is 17.2. The van der Waals surface area contributed by atoms with E-state index in [1.807, 2.05) is 6.07 Å². The van der Waals surface area contributed by atoms with E-state index in [1.165, 1.54) is 12.3 Å². The van der Waals surface area contributed by atoms with Crippen molar-refractivity contribution in [1.82, 2.24) is 9.97 Å². The Balaban J connectivity index is 1.69. The smallest absolute Gasteiger partial charge is 0.213 e. The Morgan fingerprint density at radius 1 is 1.21 bits per heavy atom. The molecule has 0 saturated carbocycles. The summed E-state index contributed by atoms with van der Waals surface area (Å²) in [6, 6.07) is 3.11. The molecule has 2 aromatic rings. The van der Waals surface area contributed by atoms with Gasteiger partial charge in [-0.3, -0.25) is 4.98 Å². The summed E-state index contributed by atoms with van der Waals surface area (Å²) in [5.41, 5.74) is 2.01. The Morgan fingerprint density at radius 3 is 2.71 bits per heavy atom. The van der Waals surface area contributed by atoms with Gasteiger partial charge in [0.25, 0.3) is 0 Å². The molecular formula is C16H17ClFN3O2S. The van der Waals surface area contributed by atoms with Crippen molar-refractivity contribution in [1.29, 1.82) is 0 Å². The Bertz CT molecular complexity index is 831. The fraction of sp³-hybridized carbons (Fsp3) is 0.375. The highest BCUT2D eigenvalue weighted by Crippen LogP contribution is 2.29. The molecule has 1 N–H and O–H groups in total. The minimum absolute atomic E-state index is 0.254. The van der Waals surface area contributed by atoms with E-state index in [-0.39, 0.29) is 11.5 Å². The van der Waals surface area contributed by atoms with Crippen molar-refractivity contribution < 1.29 is 12.8 Å². The molecule has 0 atom stereocenters. The molecule has 0 aromatic carbocycles. The van der Waals surface area contributed by atoms with Gasteiger partial charge in [-0.1, -0.05) is 11.6 Å². The second kappa shape index (κ2) is 7.03. The molecule has 8 heteroatoms. The van der Waals surface area contributed by atoms with E-state index in [0.29, 0.717) is 41.5 Å². The number of hydrogen-bond acceptors (Lipinski definition) is 5. The lowest BCUT2D eigenvalue weighted by atomic mass is 10.0. The maximum absolute atomic E-state index is 13.3. The lowest BCUT2D eigenvalue weighted by Crippen LogP contribution is -2.27. The molecule has 0 radical (unpaired) electrons. The fourth-order valence-corrected chi connectivity index (χ4v) is 4.52. The summed E-state index contributed by atoms with van der Waals surface area (Å²) in [7, 11) is -2.85. The highest BCUT2D eigenvalue weighted by atomic mass is 35.5. The van der Waals surface area contributed by atoms with Crippen LogP contribution < -0.4 is 5.32 Å². The molecule has 3 heterocycles. The number of nitrogens with one attached hydrogen (secondary N) is 1. The summed E-state index contributed by atoms with van der Waals surface area (Å²) in [6.07, 6.45) is 5.90. The number of halogens is 2. The standard InChI is InChI=1S/C16H17ClFN3O2S/c17-15-10-21-16(18)6-14(15)12-5-13(9-19-8-12)20-7-11-1-3-24(22,23)4-2-11/h5-6,8-11,20H,1-4,7H2. The molecule has 1 fully saturated rings. The molecule has 128 valence electrons. The summed E-state index contributed by atoms with van der Waals surface area (Å²) < 4.78 is 36.2. The molecule has 3 rings (SSSR count). The van der Waals surface area contributed by atoms with Crippen LogP contribution in [0.25, 0.3) is 11.1 Å². The second-order valence-electron chi connectivity index (χ2n) is 5.93. The quantitative estimate of drug-likeness (QED) is 0.838. The van der Waals surface area contributed by atoms with E-state index < -0.39 is 15.8 Å². The Morgan fingerprint density at radius 2 is 1.96 bits per heavy atom. The first-order valence-electron chi connectivity index (χ1n) is 7.64. The minimum atomic E-state index is -2.85. The summed E-state index contributed by atoms with van der Waals surface area (Å²) in [6.45, 7) is 0.680. The number of aromatic nitrogens is 2. The second-order valence-corrected chi connectivity index (χ2v) is 8.64. The van der Waals surface area contributed by atoms with Gasteiger partial charge in [0.1, 0.15) is 9.84 Å². The molecule has 0 spiro atoms. The van der Waals surface area contributed by atoms with Gasteiger partial charge in [0.2, 0.25) is 5.95 Å². The highest BCUT2D eigenvalue weighted by Gasteiger charge is 2.23. The largest absolute Gasteiger partial charge is 0.384 e. The van der Waals surface area contributed by atoms with Crippen LogP contribution in [0.1, 0.15) is 12.8 Å². The molecule has 1 saturated heterocycles. The first-order valence-corrected chi connectivity index (χ1v) is 9.84. The number of pyridine rings is 2. The van der Waals surface area contributed by atoms with Crippen molar-refractivity contribution in [3.63, 3.8) is 0 Å². The van der Waals surface area contributed by atoms with Crippen LogP contribution in [-0.4, -0.2) is 36.4 Å². The Hall–Kier alpha value is -1.73. The molecule has 2 aromatic heterocycles. The lowest BCUT2D eigenvalue weighted by molar-refractivity contribution is 0.484. The van der Waals surface area contributed by atoms with Crippen LogP contribution in [0, 0.1) is 11.9 Å². The molecule has 0 amide bonds. The van der Waals surface area contributed by atoms with E-state index >= 15 is 0 Å². The van der Waals surface area contributed by atoms with Gasteiger partial charge < -0.3 is 5.32 Å². The van der Waals surface area contributed by atoms with E-state index in [0.717, 1.165) is 5.69 Å². The lowest BCUT2D eigenvalue weighted by Gasteiger charge is -2.22. The third-order valence-corrected chi connectivity index (χ3v) is 6.16. The van der Waals surface area contributed by atoms with Gasteiger partial charge in [0.15, 0.2) is 0 Å². The van der Waals surface area contributed by atoms with E-state index in [9.17, 15) is 12.8 Å². The third-order valence-electron chi connectivity index (χ3n) is 4.14. The molecule has 0 aliphatic carbocycles. The Labute approximate surface area is 145 Å². The van der Waals surface area contributed by atoms with Crippen LogP contribution in [0.3, 0.4) is 0 Å². The summed E-state index contributed by atoms with van der Waals surface area (Å²) in [4.78, 5) is 7.67. The van der Waals surface area contributed by atoms with Crippen molar-refractivity contribution in [2.24, 2.45) is 5.92 Å². The number of sulfone groups is 1. The van der Waals surface area contributed by atoms with E-state index in [4.69, 9.17) is 11.6 Å². The molecule has 1 aliphatic rings. The van der Waals surface area contributed by atoms with E-state index in [2.05, 4.69) is 15.3 Å². The van der Waals surface area contributed by atoms with Crippen molar-refractivity contribution in [3.8, 4) is 11.1 Å². The topological polar surface area (TPSA) is 72.0 Å². The van der Waals surface area contributed by atoms with Crippen LogP contribution in [0.4, 0.5) is 10.1 Å².